The molecule has 1 aliphatic carbocycles. The van der Waals surface area contributed by atoms with E-state index in [9.17, 15) is 0 Å². The minimum Gasteiger partial charge on any atom is -0.309 e. The van der Waals surface area contributed by atoms with Crippen molar-refractivity contribution in [3.63, 3.8) is 0 Å². The van der Waals surface area contributed by atoms with Crippen molar-refractivity contribution in [1.29, 1.82) is 0 Å². The molecule has 1 aromatic heterocycles. The monoisotopic (exact) mass is 695 g/mol. The second-order valence-electron chi connectivity index (χ2n) is 14.5. The topological polar surface area (TPSA) is 3.24 Å². The average molecular weight is 696 g/mol. The smallest absolute Gasteiger partial charge is 0.0543 e. The van der Waals surface area contributed by atoms with Gasteiger partial charge in [-0.3, -0.25) is 0 Å². The van der Waals surface area contributed by atoms with Gasteiger partial charge in [0, 0.05) is 42.4 Å². The number of fused-ring (bicyclic) bond motifs is 6. The molecule has 0 saturated carbocycles. The number of anilines is 3. The van der Waals surface area contributed by atoms with Gasteiger partial charge in [-0.2, -0.15) is 0 Å². The lowest BCUT2D eigenvalue weighted by molar-refractivity contribution is 0.660. The highest BCUT2D eigenvalue weighted by Gasteiger charge is 2.38. The summed E-state index contributed by atoms with van der Waals surface area (Å²) in [5, 5.41) is 2.63. The molecule has 0 N–H and O–H groups in total. The van der Waals surface area contributed by atoms with Gasteiger partial charge in [-0.15, -0.1) is 11.3 Å². The standard InChI is InChI=1S/C51H37NS/c1-51(2)43-24-11-8-21-41(43)50-44(51)25-15-27-46(50)52(36-32-30-35(31-33-36)38-19-7-6-18-37(38)34-16-4-3-5-17-34)45-26-12-9-20-39(45)40-23-14-29-48-49(40)42-22-10-13-28-47(42)53-48/h3-33H,1-2H3. The molecule has 0 fully saturated rings. The molecule has 1 heterocycles. The second kappa shape index (κ2) is 12.5. The maximum atomic E-state index is 2.51. The molecule has 0 radical (unpaired) electrons. The third kappa shape index (κ3) is 5.05. The third-order valence-electron chi connectivity index (χ3n) is 11.1. The fraction of sp³-hybridized carbons (Fsp3) is 0.0588. The summed E-state index contributed by atoms with van der Waals surface area (Å²) in [7, 11) is 0. The van der Waals surface area contributed by atoms with Gasteiger partial charge in [0.25, 0.3) is 0 Å². The van der Waals surface area contributed by atoms with Crippen LogP contribution in [0.5, 0.6) is 0 Å². The van der Waals surface area contributed by atoms with Crippen molar-refractivity contribution >= 4 is 48.6 Å². The van der Waals surface area contributed by atoms with Crippen molar-refractivity contribution in [2.24, 2.45) is 0 Å². The van der Waals surface area contributed by atoms with Crippen molar-refractivity contribution in [1.82, 2.24) is 0 Å². The van der Waals surface area contributed by atoms with E-state index in [1.165, 1.54) is 81.5 Å². The zero-order valence-corrected chi connectivity index (χ0v) is 30.6. The summed E-state index contributed by atoms with van der Waals surface area (Å²) in [5.41, 5.74) is 16.0. The van der Waals surface area contributed by atoms with E-state index in [0.29, 0.717) is 0 Å². The molecule has 0 unspecified atom stereocenters. The van der Waals surface area contributed by atoms with Crippen LogP contribution in [0.4, 0.5) is 17.1 Å². The van der Waals surface area contributed by atoms with Crippen LogP contribution in [-0.4, -0.2) is 0 Å². The molecule has 0 aliphatic heterocycles. The maximum absolute atomic E-state index is 2.51. The summed E-state index contributed by atoms with van der Waals surface area (Å²) in [6, 6.07) is 69.0. The molecule has 10 rings (SSSR count). The van der Waals surface area contributed by atoms with Crippen molar-refractivity contribution in [3.05, 3.63) is 199 Å². The predicted molar refractivity (Wildman–Crippen MR) is 228 cm³/mol. The quantitative estimate of drug-likeness (QED) is 0.167. The van der Waals surface area contributed by atoms with Gasteiger partial charge in [0.05, 0.1) is 11.4 Å². The number of hydrogen-bond donors (Lipinski definition) is 0. The first kappa shape index (κ1) is 31.5. The molecule has 2 heteroatoms. The number of hydrogen-bond acceptors (Lipinski definition) is 2. The van der Waals surface area contributed by atoms with Gasteiger partial charge >= 0.3 is 0 Å². The lowest BCUT2D eigenvalue weighted by Crippen LogP contribution is -2.16. The molecule has 53 heavy (non-hydrogen) atoms. The highest BCUT2D eigenvalue weighted by atomic mass is 32.1. The summed E-state index contributed by atoms with van der Waals surface area (Å²) in [5.74, 6) is 0. The van der Waals surface area contributed by atoms with Crippen LogP contribution in [0.1, 0.15) is 25.0 Å². The SMILES string of the molecule is CC1(C)c2ccccc2-c2c(N(c3ccc(-c4ccccc4-c4ccccc4)cc3)c3ccccc3-c3cccc4sc5ccccc5c34)cccc21. The van der Waals surface area contributed by atoms with Crippen LogP contribution < -0.4 is 4.90 Å². The Kier molecular flexibility index (Phi) is 7.42. The molecule has 0 spiro atoms. The summed E-state index contributed by atoms with van der Waals surface area (Å²) >= 11 is 1.87. The van der Waals surface area contributed by atoms with Crippen molar-refractivity contribution in [2.75, 3.05) is 4.90 Å². The molecule has 8 aromatic carbocycles. The fourth-order valence-corrected chi connectivity index (χ4v) is 9.75. The predicted octanol–water partition coefficient (Wildman–Crippen LogP) is 14.8. The first-order chi connectivity index (χ1) is 26.1. The summed E-state index contributed by atoms with van der Waals surface area (Å²) in [4.78, 5) is 2.51. The average Bonchev–Trinajstić information content (AvgIpc) is 3.71. The second-order valence-corrected chi connectivity index (χ2v) is 15.5. The van der Waals surface area contributed by atoms with E-state index >= 15 is 0 Å². The fourth-order valence-electron chi connectivity index (χ4n) is 8.62. The molecule has 252 valence electrons. The minimum absolute atomic E-state index is 0.112. The molecule has 0 saturated heterocycles. The van der Waals surface area contributed by atoms with Crippen LogP contribution in [0.3, 0.4) is 0 Å². The largest absolute Gasteiger partial charge is 0.309 e. The Hall–Kier alpha value is -6.22. The number of nitrogens with zero attached hydrogens (tertiary/aromatic N) is 1. The number of para-hydroxylation sites is 1. The van der Waals surface area contributed by atoms with Gasteiger partial charge in [-0.25, -0.2) is 0 Å². The van der Waals surface area contributed by atoms with E-state index in [-0.39, 0.29) is 5.41 Å². The van der Waals surface area contributed by atoms with E-state index < -0.39 is 0 Å². The maximum Gasteiger partial charge on any atom is 0.0543 e. The minimum atomic E-state index is -0.112. The van der Waals surface area contributed by atoms with Crippen LogP contribution >= 0.6 is 11.3 Å². The Morgan fingerprint density at radius 2 is 0.943 bits per heavy atom. The lowest BCUT2D eigenvalue weighted by atomic mass is 9.82. The summed E-state index contributed by atoms with van der Waals surface area (Å²) < 4.78 is 2.62. The summed E-state index contributed by atoms with van der Waals surface area (Å²) in [6.45, 7) is 4.72. The van der Waals surface area contributed by atoms with Crippen LogP contribution in [0, 0.1) is 0 Å². The van der Waals surface area contributed by atoms with Gasteiger partial charge in [0.15, 0.2) is 0 Å². The Labute approximate surface area is 315 Å². The van der Waals surface area contributed by atoms with Crippen molar-refractivity contribution < 1.29 is 0 Å². The third-order valence-corrected chi connectivity index (χ3v) is 12.2. The van der Waals surface area contributed by atoms with Crippen LogP contribution in [0.25, 0.3) is 64.7 Å². The zero-order valence-electron chi connectivity index (χ0n) is 29.8. The van der Waals surface area contributed by atoms with Crippen molar-refractivity contribution in [3.8, 4) is 44.5 Å². The van der Waals surface area contributed by atoms with E-state index in [2.05, 4.69) is 207 Å². The Bertz CT molecular complexity index is 2810. The van der Waals surface area contributed by atoms with Crippen molar-refractivity contribution in [2.45, 2.75) is 19.3 Å². The molecule has 1 aliphatic rings. The van der Waals surface area contributed by atoms with Gasteiger partial charge in [0.1, 0.15) is 0 Å². The Morgan fingerprint density at radius 3 is 1.74 bits per heavy atom. The first-order valence-electron chi connectivity index (χ1n) is 18.4. The van der Waals surface area contributed by atoms with Gasteiger partial charge in [-0.1, -0.05) is 166 Å². The molecule has 9 aromatic rings. The van der Waals surface area contributed by atoms with Gasteiger partial charge in [-0.05, 0) is 80.9 Å². The van der Waals surface area contributed by atoms with E-state index in [4.69, 9.17) is 0 Å². The molecule has 0 atom stereocenters. The lowest BCUT2D eigenvalue weighted by Gasteiger charge is -2.31. The van der Waals surface area contributed by atoms with E-state index in [1.807, 2.05) is 11.3 Å². The van der Waals surface area contributed by atoms with E-state index in [0.717, 1.165) is 11.4 Å². The number of benzene rings is 8. The Balaban J connectivity index is 1.21. The molecular weight excluding hydrogens is 659 g/mol. The van der Waals surface area contributed by atoms with Crippen LogP contribution in [-0.2, 0) is 5.41 Å². The van der Waals surface area contributed by atoms with Gasteiger partial charge in [0.2, 0.25) is 0 Å². The molecule has 0 bridgehead atoms. The Morgan fingerprint density at radius 1 is 0.396 bits per heavy atom. The normalized spacial score (nSPS) is 12.9. The number of thiophene rings is 1. The summed E-state index contributed by atoms with van der Waals surface area (Å²) in [6.07, 6.45) is 0. The number of rotatable bonds is 6. The molecular formula is C51H37NS. The van der Waals surface area contributed by atoms with Crippen LogP contribution in [0.15, 0.2) is 188 Å². The van der Waals surface area contributed by atoms with Crippen LogP contribution in [0.2, 0.25) is 0 Å². The highest BCUT2D eigenvalue weighted by molar-refractivity contribution is 7.25. The first-order valence-corrected chi connectivity index (χ1v) is 19.2. The highest BCUT2D eigenvalue weighted by Crippen LogP contribution is 2.55. The van der Waals surface area contributed by atoms with E-state index in [1.54, 1.807) is 0 Å². The molecule has 0 amide bonds. The zero-order chi connectivity index (χ0) is 35.5. The molecule has 1 nitrogen and oxygen atoms in total. The van der Waals surface area contributed by atoms with Gasteiger partial charge < -0.3 is 4.90 Å².